The minimum Gasteiger partial charge on any atom is -0.358 e. The Morgan fingerprint density at radius 3 is 2.54 bits per heavy atom. The third-order valence-electron chi connectivity index (χ3n) is 1.87. The van der Waals surface area contributed by atoms with Crippen LogP contribution in [0.5, 0.6) is 0 Å². The zero-order chi connectivity index (χ0) is 9.26. The van der Waals surface area contributed by atoms with Crippen molar-refractivity contribution in [3.63, 3.8) is 0 Å². The smallest absolute Gasteiger partial charge is 0.202 e. The van der Waals surface area contributed by atoms with Crippen LogP contribution in [0.25, 0.3) is 10.9 Å². The SMILES string of the molecule is O=c1cc[nH]c2c(=O)ccccc12. The average Bonchev–Trinajstić information content (AvgIpc) is 2.30. The molecule has 1 aromatic carbocycles. The number of hydrogen-bond donors (Lipinski definition) is 1. The van der Waals surface area contributed by atoms with E-state index in [1.54, 1.807) is 18.2 Å². The molecule has 0 aliphatic rings. The van der Waals surface area contributed by atoms with Crippen LogP contribution in [-0.4, -0.2) is 4.98 Å². The highest BCUT2D eigenvalue weighted by Crippen LogP contribution is 1.97. The molecule has 1 heterocycles. The van der Waals surface area contributed by atoms with Crippen molar-refractivity contribution in [2.45, 2.75) is 0 Å². The van der Waals surface area contributed by atoms with Gasteiger partial charge in [0.05, 0.1) is 5.52 Å². The lowest BCUT2D eigenvalue weighted by Crippen LogP contribution is -2.05. The summed E-state index contributed by atoms with van der Waals surface area (Å²) in [7, 11) is 0. The van der Waals surface area contributed by atoms with Gasteiger partial charge in [-0.2, -0.15) is 0 Å². The van der Waals surface area contributed by atoms with Crippen LogP contribution in [0.3, 0.4) is 0 Å². The molecule has 0 unspecified atom stereocenters. The normalized spacial score (nSPS) is 10.2. The van der Waals surface area contributed by atoms with Crippen molar-refractivity contribution in [3.05, 3.63) is 57.0 Å². The number of nitrogens with one attached hydrogen (secondary N) is 1. The van der Waals surface area contributed by atoms with E-state index in [9.17, 15) is 9.59 Å². The third kappa shape index (κ3) is 1.24. The zero-order valence-corrected chi connectivity index (χ0v) is 6.78. The summed E-state index contributed by atoms with van der Waals surface area (Å²) in [6.07, 6.45) is 1.48. The van der Waals surface area contributed by atoms with Gasteiger partial charge in [0.1, 0.15) is 0 Å². The first-order valence-corrected chi connectivity index (χ1v) is 3.90. The molecule has 0 bridgehead atoms. The molecular weight excluding hydrogens is 166 g/mol. The molecule has 13 heavy (non-hydrogen) atoms. The molecule has 0 radical (unpaired) electrons. The largest absolute Gasteiger partial charge is 0.358 e. The van der Waals surface area contributed by atoms with Gasteiger partial charge in [-0.3, -0.25) is 9.59 Å². The number of H-pyrrole nitrogens is 1. The van der Waals surface area contributed by atoms with Gasteiger partial charge in [0.15, 0.2) is 5.43 Å². The second-order valence-electron chi connectivity index (χ2n) is 2.71. The van der Waals surface area contributed by atoms with E-state index in [1.165, 1.54) is 18.3 Å². The fourth-order valence-corrected chi connectivity index (χ4v) is 1.24. The number of rotatable bonds is 0. The maximum absolute atomic E-state index is 11.4. The molecule has 0 spiro atoms. The fourth-order valence-electron chi connectivity index (χ4n) is 1.24. The van der Waals surface area contributed by atoms with Crippen molar-refractivity contribution in [2.75, 3.05) is 0 Å². The quantitative estimate of drug-likeness (QED) is 0.643. The second kappa shape index (κ2) is 2.86. The molecule has 0 aliphatic heterocycles. The lowest BCUT2D eigenvalue weighted by atomic mass is 10.3. The summed E-state index contributed by atoms with van der Waals surface area (Å²) in [6.45, 7) is 0. The van der Waals surface area contributed by atoms with Crippen molar-refractivity contribution >= 4 is 10.9 Å². The maximum atomic E-state index is 11.4. The van der Waals surface area contributed by atoms with Crippen LogP contribution in [-0.2, 0) is 0 Å². The highest BCUT2D eigenvalue weighted by atomic mass is 16.1. The van der Waals surface area contributed by atoms with Gasteiger partial charge >= 0.3 is 0 Å². The molecule has 1 aromatic heterocycles. The van der Waals surface area contributed by atoms with E-state index in [4.69, 9.17) is 0 Å². The molecule has 1 N–H and O–H groups in total. The van der Waals surface area contributed by atoms with Gasteiger partial charge in [-0.25, -0.2) is 0 Å². The van der Waals surface area contributed by atoms with Crippen LogP contribution < -0.4 is 10.9 Å². The predicted molar refractivity (Wildman–Crippen MR) is 50.8 cm³/mol. The van der Waals surface area contributed by atoms with Crippen LogP contribution in [0.1, 0.15) is 0 Å². The third-order valence-corrected chi connectivity index (χ3v) is 1.87. The number of pyridine rings is 1. The van der Waals surface area contributed by atoms with E-state index < -0.39 is 0 Å². The molecule has 0 saturated carbocycles. The molecule has 3 heteroatoms. The van der Waals surface area contributed by atoms with Crippen molar-refractivity contribution in [1.82, 2.24) is 4.98 Å². The van der Waals surface area contributed by atoms with Crippen molar-refractivity contribution in [3.8, 4) is 0 Å². The maximum Gasteiger partial charge on any atom is 0.202 e. The van der Waals surface area contributed by atoms with Gasteiger partial charge in [-0.05, 0) is 12.1 Å². The molecular formula is C10H7NO2. The number of hydrogen-bond acceptors (Lipinski definition) is 2. The summed E-state index contributed by atoms with van der Waals surface area (Å²) in [5.41, 5.74) is 0.0530. The second-order valence-corrected chi connectivity index (χ2v) is 2.71. The molecule has 0 fully saturated rings. The highest BCUT2D eigenvalue weighted by molar-refractivity contribution is 5.76. The molecule has 0 atom stereocenters. The van der Waals surface area contributed by atoms with Crippen LogP contribution >= 0.6 is 0 Å². The summed E-state index contributed by atoms with van der Waals surface area (Å²) in [4.78, 5) is 25.4. The Morgan fingerprint density at radius 2 is 1.69 bits per heavy atom. The first-order chi connectivity index (χ1) is 6.29. The van der Waals surface area contributed by atoms with Crippen LogP contribution in [0.15, 0.2) is 46.1 Å². The molecule has 0 aliphatic carbocycles. The van der Waals surface area contributed by atoms with Gasteiger partial charge in [0.2, 0.25) is 5.43 Å². The van der Waals surface area contributed by atoms with Gasteiger partial charge in [0.25, 0.3) is 0 Å². The molecule has 2 rings (SSSR count). The summed E-state index contributed by atoms with van der Waals surface area (Å²) in [5, 5.41) is 0.428. The molecule has 0 saturated heterocycles. The van der Waals surface area contributed by atoms with Crippen molar-refractivity contribution < 1.29 is 0 Å². The summed E-state index contributed by atoms with van der Waals surface area (Å²) in [5.74, 6) is 0. The topological polar surface area (TPSA) is 49.9 Å². The summed E-state index contributed by atoms with van der Waals surface area (Å²) >= 11 is 0. The minimum absolute atomic E-state index is 0.137. The van der Waals surface area contributed by atoms with Crippen LogP contribution in [0.4, 0.5) is 0 Å². The van der Waals surface area contributed by atoms with E-state index in [2.05, 4.69) is 4.98 Å². The van der Waals surface area contributed by atoms with Gasteiger partial charge in [0, 0.05) is 17.6 Å². The number of aromatic nitrogens is 1. The Balaban J connectivity index is 3.18. The first kappa shape index (κ1) is 7.73. The fraction of sp³-hybridized carbons (Fsp3) is 0. The summed E-state index contributed by atoms with van der Waals surface area (Å²) < 4.78 is 0. The number of fused-ring (bicyclic) bond motifs is 1. The first-order valence-electron chi connectivity index (χ1n) is 3.90. The minimum atomic E-state index is -0.169. The Kier molecular flexibility index (Phi) is 1.70. The average molecular weight is 173 g/mol. The highest BCUT2D eigenvalue weighted by Gasteiger charge is 1.97. The molecule has 2 aromatic rings. The van der Waals surface area contributed by atoms with Crippen molar-refractivity contribution in [2.24, 2.45) is 0 Å². The number of aromatic amines is 1. The Morgan fingerprint density at radius 1 is 0.923 bits per heavy atom. The Bertz CT molecular complexity index is 557. The lowest BCUT2D eigenvalue weighted by Gasteiger charge is -1.88. The summed E-state index contributed by atoms with van der Waals surface area (Å²) in [6, 6.07) is 7.77. The van der Waals surface area contributed by atoms with Crippen LogP contribution in [0.2, 0.25) is 0 Å². The van der Waals surface area contributed by atoms with E-state index in [1.807, 2.05) is 0 Å². The van der Waals surface area contributed by atoms with Gasteiger partial charge in [-0.1, -0.05) is 12.1 Å². The van der Waals surface area contributed by atoms with E-state index in [0.717, 1.165) is 0 Å². The zero-order valence-electron chi connectivity index (χ0n) is 6.78. The van der Waals surface area contributed by atoms with E-state index in [-0.39, 0.29) is 10.9 Å². The standard InChI is InChI=1S/C10H7NO2/c12-8-5-6-11-10-7(8)3-1-2-4-9(10)13/h1-6H,(H,11,12). The van der Waals surface area contributed by atoms with E-state index in [0.29, 0.717) is 10.9 Å². The van der Waals surface area contributed by atoms with Gasteiger partial charge in [-0.15, -0.1) is 0 Å². The Labute approximate surface area is 73.7 Å². The predicted octanol–water partition coefficient (Wildman–Crippen LogP) is 0.888. The molecule has 3 nitrogen and oxygen atoms in total. The van der Waals surface area contributed by atoms with Gasteiger partial charge < -0.3 is 4.98 Å². The molecule has 0 amide bonds. The Hall–Kier alpha value is -1.90. The van der Waals surface area contributed by atoms with Crippen molar-refractivity contribution in [1.29, 1.82) is 0 Å². The van der Waals surface area contributed by atoms with Crippen LogP contribution in [0, 0.1) is 0 Å². The lowest BCUT2D eigenvalue weighted by molar-refractivity contribution is 1.38. The monoisotopic (exact) mass is 173 g/mol. The molecule has 64 valence electrons. The van der Waals surface area contributed by atoms with E-state index >= 15 is 0 Å².